The van der Waals surface area contributed by atoms with Gasteiger partial charge in [-0.2, -0.15) is 9.61 Å². The lowest BCUT2D eigenvalue weighted by Gasteiger charge is -2.36. The molecule has 0 spiro atoms. The Morgan fingerprint density at radius 1 is 1.16 bits per heavy atom. The Morgan fingerprint density at radius 3 is 2.59 bits per heavy atom. The average molecular weight is 500 g/mol. The highest BCUT2D eigenvalue weighted by atomic mass is 16.1. The molecule has 2 bridgehead atoms. The first-order valence-corrected chi connectivity index (χ1v) is 13.4. The molecular weight excluding hydrogens is 466 g/mol. The lowest BCUT2D eigenvalue weighted by Crippen LogP contribution is -2.41. The lowest BCUT2D eigenvalue weighted by molar-refractivity contribution is -0.122. The second kappa shape index (κ2) is 9.36. The molecule has 0 saturated carbocycles. The maximum atomic E-state index is 12.7. The summed E-state index contributed by atoms with van der Waals surface area (Å²) in [5.74, 6) is 0.776. The van der Waals surface area contributed by atoms with Crippen LogP contribution < -0.4 is 5.73 Å². The van der Waals surface area contributed by atoms with Gasteiger partial charge in [0.25, 0.3) is 0 Å². The second-order valence-corrected chi connectivity index (χ2v) is 10.7. The van der Waals surface area contributed by atoms with E-state index >= 15 is 0 Å². The predicted octanol–water partition coefficient (Wildman–Crippen LogP) is 4.37. The van der Waals surface area contributed by atoms with E-state index in [0.29, 0.717) is 22.9 Å². The minimum atomic E-state index is -0.117. The van der Waals surface area contributed by atoms with Gasteiger partial charge in [0.1, 0.15) is 5.82 Å². The summed E-state index contributed by atoms with van der Waals surface area (Å²) in [7, 11) is 0. The highest BCUT2D eigenvalue weighted by Crippen LogP contribution is 2.44. The van der Waals surface area contributed by atoms with E-state index in [0.717, 1.165) is 73.9 Å². The van der Waals surface area contributed by atoms with Crippen LogP contribution in [0.25, 0.3) is 16.8 Å². The molecule has 6 rings (SSSR count). The van der Waals surface area contributed by atoms with Crippen molar-refractivity contribution in [3.63, 3.8) is 0 Å². The monoisotopic (exact) mass is 499 g/mol. The molecule has 2 N–H and O–H groups in total. The minimum absolute atomic E-state index is 0.0679. The first-order valence-electron chi connectivity index (χ1n) is 13.4. The van der Waals surface area contributed by atoms with Crippen molar-refractivity contribution < 1.29 is 9.59 Å². The van der Waals surface area contributed by atoms with Gasteiger partial charge in [0.05, 0.1) is 29.2 Å². The number of carbonyl (C=O) groups is 2. The highest BCUT2D eigenvalue weighted by molar-refractivity contribution is 6.00. The van der Waals surface area contributed by atoms with Crippen molar-refractivity contribution in [3.05, 3.63) is 41.5 Å². The van der Waals surface area contributed by atoms with Crippen LogP contribution in [0.1, 0.15) is 92.5 Å². The maximum absolute atomic E-state index is 12.7. The third-order valence-electron chi connectivity index (χ3n) is 8.66. The zero-order valence-electron chi connectivity index (χ0n) is 21.4. The van der Waals surface area contributed by atoms with Gasteiger partial charge in [-0.1, -0.05) is 19.4 Å². The molecule has 9 nitrogen and oxygen atoms in total. The number of amides is 1. The zero-order valence-corrected chi connectivity index (χ0v) is 21.4. The van der Waals surface area contributed by atoms with Crippen molar-refractivity contribution in [2.75, 3.05) is 5.73 Å². The quantitative estimate of drug-likeness (QED) is 0.397. The van der Waals surface area contributed by atoms with Gasteiger partial charge in [-0.25, -0.2) is 4.98 Å². The number of aliphatic imine (C=N–C) groups is 1. The maximum Gasteiger partial charge on any atom is 0.210 e. The van der Waals surface area contributed by atoms with Gasteiger partial charge in [-0.15, -0.1) is 0 Å². The van der Waals surface area contributed by atoms with Crippen LogP contribution in [0, 0.1) is 5.92 Å². The molecule has 37 heavy (non-hydrogen) atoms. The Hall–Kier alpha value is -3.62. The molecule has 6 heterocycles. The van der Waals surface area contributed by atoms with Crippen LogP contribution in [0.2, 0.25) is 0 Å². The highest BCUT2D eigenvalue weighted by Gasteiger charge is 2.42. The smallest absolute Gasteiger partial charge is 0.210 e. The van der Waals surface area contributed by atoms with E-state index in [1.165, 1.54) is 6.92 Å². The Labute approximate surface area is 216 Å². The fourth-order valence-corrected chi connectivity index (χ4v) is 6.74. The number of ketones is 1. The number of fused-ring (bicyclic) bond motifs is 3. The number of aromatic nitrogens is 4. The molecule has 4 unspecified atom stereocenters. The number of hydrogen-bond acceptors (Lipinski definition) is 7. The molecule has 3 aromatic heterocycles. The fourth-order valence-electron chi connectivity index (χ4n) is 6.74. The van der Waals surface area contributed by atoms with E-state index in [-0.39, 0.29) is 29.8 Å². The Kier molecular flexibility index (Phi) is 6.01. The number of nitrogen functional groups attached to an aromatic ring is 1. The summed E-state index contributed by atoms with van der Waals surface area (Å²) in [6.45, 7) is 3.74. The van der Waals surface area contributed by atoms with Crippen molar-refractivity contribution in [1.29, 1.82) is 0 Å². The Morgan fingerprint density at radius 2 is 1.95 bits per heavy atom. The molecule has 3 aromatic rings. The van der Waals surface area contributed by atoms with Gasteiger partial charge in [-0.05, 0) is 63.6 Å². The van der Waals surface area contributed by atoms with Gasteiger partial charge in [-0.3, -0.25) is 19.6 Å². The molecule has 0 aromatic carbocycles. The molecule has 0 aliphatic carbocycles. The fraction of sp³-hybridized carbons (Fsp3) is 0.500. The van der Waals surface area contributed by atoms with Crippen LogP contribution in [0.3, 0.4) is 0 Å². The van der Waals surface area contributed by atoms with Crippen molar-refractivity contribution >= 4 is 29.9 Å². The molecule has 192 valence electrons. The van der Waals surface area contributed by atoms with E-state index in [2.05, 4.69) is 24.2 Å². The van der Waals surface area contributed by atoms with Crippen LogP contribution in [0.15, 0.2) is 29.5 Å². The molecule has 2 fully saturated rings. The van der Waals surface area contributed by atoms with Crippen LogP contribution in [0.5, 0.6) is 0 Å². The van der Waals surface area contributed by atoms with E-state index in [4.69, 9.17) is 20.7 Å². The molecule has 2 saturated heterocycles. The van der Waals surface area contributed by atoms with Crippen LogP contribution >= 0.6 is 0 Å². The van der Waals surface area contributed by atoms with E-state index in [9.17, 15) is 9.59 Å². The largest absolute Gasteiger partial charge is 0.383 e. The number of rotatable bonds is 6. The SMILES string of the molecule is CCC1CCC=NC1c1ccc(-c2cnn3c(N)c(C(C)=O)c(C4CC5CCC(C4)N5C=O)nc23)cn1. The third kappa shape index (κ3) is 3.91. The van der Waals surface area contributed by atoms with E-state index in [1.807, 2.05) is 17.3 Å². The number of anilines is 1. The summed E-state index contributed by atoms with van der Waals surface area (Å²) in [5.41, 5.74) is 11.1. The summed E-state index contributed by atoms with van der Waals surface area (Å²) in [4.78, 5) is 40.9. The van der Waals surface area contributed by atoms with Gasteiger partial charge in [0, 0.05) is 35.3 Å². The van der Waals surface area contributed by atoms with Gasteiger partial charge < -0.3 is 10.6 Å². The second-order valence-electron chi connectivity index (χ2n) is 10.7. The normalized spacial score (nSPS) is 27.1. The lowest BCUT2D eigenvalue weighted by atomic mass is 9.85. The average Bonchev–Trinajstić information content (AvgIpc) is 3.45. The van der Waals surface area contributed by atoms with Crippen molar-refractivity contribution in [1.82, 2.24) is 24.5 Å². The minimum Gasteiger partial charge on any atom is -0.383 e. The van der Waals surface area contributed by atoms with Gasteiger partial charge in [0.15, 0.2) is 11.4 Å². The summed E-state index contributed by atoms with van der Waals surface area (Å²) in [5, 5.41) is 4.50. The van der Waals surface area contributed by atoms with Gasteiger partial charge in [0.2, 0.25) is 6.41 Å². The summed E-state index contributed by atoms with van der Waals surface area (Å²) in [6, 6.07) is 4.58. The van der Waals surface area contributed by atoms with E-state index in [1.54, 1.807) is 10.7 Å². The number of Topliss-reactive ketones (excluding diaryl/α,β-unsaturated/α-hetero) is 1. The molecular formula is C28H33N7O2. The standard InChI is InChI=1S/C28H33N7O2/c1-3-17-5-4-10-30-25(17)23-9-6-18(13-31-23)22-14-32-35-27(29)24(16(2)37)26(33-28(22)35)19-11-20-7-8-21(12-19)34(20)15-36/h6,9-10,13-15,17,19-21,25H,3-5,7-8,11-12,29H2,1-2H3. The predicted molar refractivity (Wildman–Crippen MR) is 142 cm³/mol. The summed E-state index contributed by atoms with van der Waals surface area (Å²) < 4.78 is 1.57. The van der Waals surface area contributed by atoms with Gasteiger partial charge >= 0.3 is 0 Å². The topological polar surface area (TPSA) is 119 Å². The number of pyridine rings is 1. The number of carbonyl (C=O) groups excluding carboxylic acids is 2. The number of hydrogen-bond donors (Lipinski definition) is 1. The van der Waals surface area contributed by atoms with Crippen LogP contribution in [-0.2, 0) is 4.79 Å². The third-order valence-corrected chi connectivity index (χ3v) is 8.66. The molecule has 0 radical (unpaired) electrons. The van der Waals surface area contributed by atoms with E-state index < -0.39 is 0 Å². The Balaban J connectivity index is 1.39. The van der Waals surface area contributed by atoms with Crippen LogP contribution in [-0.4, -0.2) is 55.0 Å². The van der Waals surface area contributed by atoms with Crippen molar-refractivity contribution in [2.45, 2.75) is 82.8 Å². The number of piperidine rings is 1. The summed E-state index contributed by atoms with van der Waals surface area (Å²) >= 11 is 0. The molecule has 9 heteroatoms. The summed E-state index contributed by atoms with van der Waals surface area (Å²) in [6.07, 6.45) is 13.4. The molecule has 3 aliphatic rings. The first kappa shape index (κ1) is 23.8. The molecule has 3 aliphatic heterocycles. The Bertz CT molecular complexity index is 1370. The molecule has 1 amide bonds. The first-order chi connectivity index (χ1) is 18.0. The number of nitrogens with two attached hydrogens (primary N) is 1. The van der Waals surface area contributed by atoms with Crippen LogP contribution in [0.4, 0.5) is 5.82 Å². The molecule has 4 atom stereocenters. The van der Waals surface area contributed by atoms with Crippen molar-refractivity contribution in [3.8, 4) is 11.1 Å². The number of nitrogens with zero attached hydrogens (tertiary/aromatic N) is 6. The zero-order chi connectivity index (χ0) is 25.7. The van der Waals surface area contributed by atoms with Crippen molar-refractivity contribution in [2.24, 2.45) is 10.9 Å².